The number of ether oxygens (including phenoxy) is 1. The lowest BCUT2D eigenvalue weighted by atomic mass is 10.0. The number of halogens is 2. The van der Waals surface area contributed by atoms with Crippen LogP contribution in [0.5, 0.6) is 5.88 Å². The van der Waals surface area contributed by atoms with Crippen molar-refractivity contribution in [1.82, 2.24) is 15.2 Å². The molecule has 6 nitrogen and oxygen atoms in total. The van der Waals surface area contributed by atoms with Crippen LogP contribution in [0.2, 0.25) is 0 Å². The van der Waals surface area contributed by atoms with Gasteiger partial charge in [0.2, 0.25) is 23.2 Å². The molecule has 0 bridgehead atoms. The number of amides is 1. The minimum Gasteiger partial charge on any atom is -0.447 e. The number of anilines is 1. The number of hydrogen-bond donors (Lipinski definition) is 0. The van der Waals surface area contributed by atoms with Crippen LogP contribution in [0, 0.1) is 24.5 Å². The van der Waals surface area contributed by atoms with Crippen molar-refractivity contribution >= 4 is 23.4 Å². The summed E-state index contributed by atoms with van der Waals surface area (Å²) < 4.78 is 35.1. The van der Waals surface area contributed by atoms with E-state index in [-0.39, 0.29) is 11.4 Å². The predicted octanol–water partition coefficient (Wildman–Crippen LogP) is 5.71. The molecule has 33 heavy (non-hydrogen) atoms. The van der Waals surface area contributed by atoms with E-state index in [1.807, 2.05) is 19.1 Å². The van der Waals surface area contributed by atoms with Gasteiger partial charge in [0.15, 0.2) is 17.3 Å². The van der Waals surface area contributed by atoms with Crippen molar-refractivity contribution in [3.63, 3.8) is 0 Å². The molecular weight excluding hydrogens is 446 g/mol. The fourth-order valence-corrected chi connectivity index (χ4v) is 4.60. The number of hydrogen-bond acceptors (Lipinski definition) is 6. The normalized spacial score (nSPS) is 15.0. The quantitative estimate of drug-likeness (QED) is 0.445. The maximum Gasteiger partial charge on any atom is 0.247 e. The average Bonchev–Trinajstić information content (AvgIpc) is 2.89. The second-order valence-electron chi connectivity index (χ2n) is 8.30. The zero-order valence-electron chi connectivity index (χ0n) is 18.8. The zero-order valence-corrected chi connectivity index (χ0v) is 19.6. The monoisotopic (exact) mass is 470 g/mol. The van der Waals surface area contributed by atoms with E-state index in [0.29, 0.717) is 28.0 Å². The molecule has 1 aromatic heterocycles. The number of fused-ring (bicyclic) bond motifs is 3. The fourth-order valence-electron chi connectivity index (χ4n) is 3.58. The predicted molar refractivity (Wildman–Crippen MR) is 123 cm³/mol. The van der Waals surface area contributed by atoms with Crippen LogP contribution in [0.4, 0.5) is 14.5 Å². The summed E-state index contributed by atoms with van der Waals surface area (Å²) in [6, 6.07) is 9.21. The Hall–Kier alpha value is -3.07. The summed E-state index contributed by atoms with van der Waals surface area (Å²) in [6.07, 6.45) is -0.297. The first-order valence-electron chi connectivity index (χ1n) is 10.6. The van der Waals surface area contributed by atoms with Crippen molar-refractivity contribution < 1.29 is 18.3 Å². The molecule has 0 radical (unpaired) electrons. The molecule has 3 aromatic rings. The molecule has 0 saturated carbocycles. The maximum atomic E-state index is 14.8. The summed E-state index contributed by atoms with van der Waals surface area (Å²) >= 11 is 1.44. The Kier molecular flexibility index (Phi) is 6.60. The van der Waals surface area contributed by atoms with Crippen LogP contribution in [0.25, 0.3) is 11.3 Å². The highest BCUT2D eigenvalue weighted by molar-refractivity contribution is 7.99. The Bertz CT molecular complexity index is 1210. The first kappa shape index (κ1) is 23.1. The van der Waals surface area contributed by atoms with Crippen molar-refractivity contribution in [2.45, 2.75) is 45.5 Å². The van der Waals surface area contributed by atoms with E-state index >= 15 is 0 Å². The number of thioether (sulfide) groups is 1. The first-order chi connectivity index (χ1) is 15.8. The van der Waals surface area contributed by atoms with Gasteiger partial charge >= 0.3 is 0 Å². The molecule has 1 atom stereocenters. The van der Waals surface area contributed by atoms with Gasteiger partial charge in [-0.25, -0.2) is 8.78 Å². The van der Waals surface area contributed by atoms with Crippen LogP contribution in [-0.4, -0.2) is 26.8 Å². The van der Waals surface area contributed by atoms with Crippen LogP contribution in [0.3, 0.4) is 0 Å². The number of carbonyl (C=O) groups is 1. The topological polar surface area (TPSA) is 68.2 Å². The summed E-state index contributed by atoms with van der Waals surface area (Å²) in [6.45, 7) is 7.52. The summed E-state index contributed by atoms with van der Waals surface area (Å²) in [5, 5.41) is 9.02. The van der Waals surface area contributed by atoms with E-state index in [0.717, 1.165) is 23.8 Å². The van der Waals surface area contributed by atoms with Crippen LogP contribution in [0.15, 0.2) is 41.6 Å². The Morgan fingerprint density at radius 2 is 2.00 bits per heavy atom. The van der Waals surface area contributed by atoms with E-state index in [1.54, 1.807) is 6.07 Å². The highest BCUT2D eigenvalue weighted by Gasteiger charge is 2.36. The van der Waals surface area contributed by atoms with Gasteiger partial charge in [-0.15, -0.1) is 10.2 Å². The SMILES string of the molecule is CC(=O)N1c2ccc(C)cc2-c2nnc(SCCC(C)C)nc2O[C@H]1c1cccc(F)c1F. The number of rotatable bonds is 5. The van der Waals surface area contributed by atoms with Gasteiger partial charge in [0.1, 0.15) is 0 Å². The van der Waals surface area contributed by atoms with Crippen molar-refractivity contribution in [2.24, 2.45) is 5.92 Å². The summed E-state index contributed by atoms with van der Waals surface area (Å²) in [5.41, 5.74) is 2.19. The molecule has 0 saturated heterocycles. The van der Waals surface area contributed by atoms with Crippen LogP contribution < -0.4 is 9.64 Å². The molecule has 2 aromatic carbocycles. The van der Waals surface area contributed by atoms with Crippen LogP contribution in [0.1, 0.15) is 44.5 Å². The molecule has 0 spiro atoms. The van der Waals surface area contributed by atoms with Gasteiger partial charge < -0.3 is 4.74 Å². The molecular formula is C24H24F2N4O2S. The summed E-state index contributed by atoms with van der Waals surface area (Å²) in [4.78, 5) is 18.6. The Morgan fingerprint density at radius 3 is 2.73 bits per heavy atom. The third-order valence-corrected chi connectivity index (χ3v) is 6.14. The molecule has 9 heteroatoms. The molecule has 172 valence electrons. The molecule has 0 fully saturated rings. The summed E-state index contributed by atoms with van der Waals surface area (Å²) in [5.74, 6) is -1.07. The Morgan fingerprint density at radius 1 is 1.21 bits per heavy atom. The molecule has 0 unspecified atom stereocenters. The molecule has 0 N–H and O–H groups in total. The third kappa shape index (κ3) is 4.68. The molecule has 1 aliphatic rings. The lowest BCUT2D eigenvalue weighted by molar-refractivity contribution is -0.118. The first-order valence-corrected chi connectivity index (χ1v) is 11.6. The lowest BCUT2D eigenvalue weighted by Crippen LogP contribution is -2.36. The van der Waals surface area contributed by atoms with Gasteiger partial charge in [-0.3, -0.25) is 9.69 Å². The van der Waals surface area contributed by atoms with Gasteiger partial charge in [0, 0.05) is 18.2 Å². The number of aromatic nitrogens is 3. The van der Waals surface area contributed by atoms with Crippen molar-refractivity contribution in [3.8, 4) is 17.1 Å². The van der Waals surface area contributed by atoms with Gasteiger partial charge in [0.25, 0.3) is 0 Å². The van der Waals surface area contributed by atoms with Gasteiger partial charge in [-0.05, 0) is 37.5 Å². The number of nitrogens with zero attached hydrogens (tertiary/aromatic N) is 4. The smallest absolute Gasteiger partial charge is 0.247 e. The Balaban J connectivity index is 1.88. The largest absolute Gasteiger partial charge is 0.447 e. The van der Waals surface area contributed by atoms with E-state index in [1.165, 1.54) is 35.7 Å². The van der Waals surface area contributed by atoms with E-state index < -0.39 is 23.8 Å². The number of carbonyl (C=O) groups excluding carboxylic acids is 1. The maximum absolute atomic E-state index is 14.8. The van der Waals surface area contributed by atoms with E-state index in [2.05, 4.69) is 29.0 Å². The van der Waals surface area contributed by atoms with E-state index in [4.69, 9.17) is 4.74 Å². The molecule has 1 aliphatic heterocycles. The van der Waals surface area contributed by atoms with Gasteiger partial charge in [-0.1, -0.05) is 49.4 Å². The highest BCUT2D eigenvalue weighted by atomic mass is 32.2. The van der Waals surface area contributed by atoms with Gasteiger partial charge in [0.05, 0.1) is 11.3 Å². The Labute approximate surface area is 195 Å². The number of benzene rings is 2. The summed E-state index contributed by atoms with van der Waals surface area (Å²) in [7, 11) is 0. The second-order valence-corrected chi connectivity index (χ2v) is 9.36. The van der Waals surface area contributed by atoms with Gasteiger partial charge in [-0.2, -0.15) is 4.98 Å². The van der Waals surface area contributed by atoms with Crippen LogP contribution in [-0.2, 0) is 4.79 Å². The average molecular weight is 471 g/mol. The molecule has 0 aliphatic carbocycles. The standard InChI is InChI=1S/C24H24F2N4O2S/c1-13(2)10-11-33-24-27-22-21(28-29-24)17-12-14(3)8-9-19(17)30(15(4)31)23(32-22)16-6-5-7-18(25)20(16)26/h5-9,12-13,23H,10-11H2,1-4H3/t23-/m0/s1. The molecule has 1 amide bonds. The van der Waals surface area contributed by atoms with Crippen molar-refractivity contribution in [3.05, 3.63) is 59.2 Å². The third-order valence-electron chi connectivity index (χ3n) is 5.27. The van der Waals surface area contributed by atoms with Crippen molar-refractivity contribution in [1.29, 1.82) is 0 Å². The zero-order chi connectivity index (χ0) is 23.7. The molecule has 4 rings (SSSR count). The second kappa shape index (κ2) is 9.43. The fraction of sp³-hybridized carbons (Fsp3) is 0.333. The number of aryl methyl sites for hydroxylation is 1. The van der Waals surface area contributed by atoms with Crippen molar-refractivity contribution in [2.75, 3.05) is 10.7 Å². The lowest BCUT2D eigenvalue weighted by Gasteiger charge is -2.30. The highest BCUT2D eigenvalue weighted by Crippen LogP contribution is 2.44. The molecule has 2 heterocycles. The minimum atomic E-state index is -1.27. The van der Waals surface area contributed by atoms with Crippen LogP contribution >= 0.6 is 11.8 Å². The minimum absolute atomic E-state index is 0.112. The van der Waals surface area contributed by atoms with E-state index in [9.17, 15) is 13.6 Å².